The molecule has 1 fully saturated rings. The van der Waals surface area contributed by atoms with E-state index in [1.165, 1.54) is 0 Å². The lowest BCUT2D eigenvalue weighted by Gasteiger charge is -2.16. The Morgan fingerprint density at radius 2 is 2.00 bits per heavy atom. The number of hydrogen-bond acceptors (Lipinski definition) is 4. The molecule has 3 atom stereocenters. The maximum Gasteiger partial charge on any atom is 0.251 e. The van der Waals surface area contributed by atoms with Crippen molar-refractivity contribution in [3.05, 3.63) is 35.9 Å². The van der Waals surface area contributed by atoms with Crippen LogP contribution in [0.3, 0.4) is 0 Å². The zero-order chi connectivity index (χ0) is 15.9. The minimum atomic E-state index is -0.407. The molecule has 2 amide bonds. The van der Waals surface area contributed by atoms with Crippen LogP contribution in [-0.2, 0) is 4.79 Å². The molecule has 0 saturated carbocycles. The Morgan fingerprint density at radius 3 is 2.61 bits per heavy atom. The maximum atomic E-state index is 12.0. The van der Waals surface area contributed by atoms with Crippen molar-refractivity contribution < 1.29 is 14.7 Å². The van der Waals surface area contributed by atoms with E-state index >= 15 is 0 Å². The summed E-state index contributed by atoms with van der Waals surface area (Å²) in [4.78, 5) is 23.8. The normalized spacial score (nSPS) is 21.1. The van der Waals surface area contributed by atoms with Gasteiger partial charge < -0.3 is 21.1 Å². The van der Waals surface area contributed by atoms with Crippen molar-refractivity contribution >= 4 is 24.2 Å². The number of rotatable bonds is 6. The second kappa shape index (κ2) is 9.50. The van der Waals surface area contributed by atoms with E-state index in [0.29, 0.717) is 25.2 Å². The molecule has 4 N–H and O–H groups in total. The highest BCUT2D eigenvalue weighted by Gasteiger charge is 2.25. The third-order valence-electron chi connectivity index (χ3n) is 3.77. The van der Waals surface area contributed by atoms with Gasteiger partial charge in [-0.15, -0.1) is 12.4 Å². The molecule has 0 radical (unpaired) electrons. The molecule has 1 aliphatic heterocycles. The van der Waals surface area contributed by atoms with Crippen molar-refractivity contribution in [1.82, 2.24) is 16.0 Å². The number of carbonyl (C=O) groups excluding carboxylic acids is 2. The summed E-state index contributed by atoms with van der Waals surface area (Å²) in [6.45, 7) is 3.53. The average molecular weight is 342 g/mol. The number of hydrogen-bond donors (Lipinski definition) is 4. The maximum absolute atomic E-state index is 12.0. The zero-order valence-electron chi connectivity index (χ0n) is 13.1. The Bertz CT molecular complexity index is 513. The van der Waals surface area contributed by atoms with Crippen molar-refractivity contribution in [2.75, 3.05) is 19.6 Å². The van der Waals surface area contributed by atoms with E-state index in [1.807, 2.05) is 6.07 Å². The molecule has 6 nitrogen and oxygen atoms in total. The largest absolute Gasteiger partial charge is 0.391 e. The van der Waals surface area contributed by atoms with E-state index in [9.17, 15) is 14.7 Å². The first kappa shape index (κ1) is 19.4. The number of aliphatic hydroxyl groups is 1. The van der Waals surface area contributed by atoms with E-state index in [4.69, 9.17) is 0 Å². The molecule has 23 heavy (non-hydrogen) atoms. The fourth-order valence-electron chi connectivity index (χ4n) is 2.47. The van der Waals surface area contributed by atoms with Gasteiger partial charge in [-0.2, -0.15) is 0 Å². The minimum Gasteiger partial charge on any atom is -0.391 e. The molecule has 128 valence electrons. The molecule has 0 aliphatic carbocycles. The van der Waals surface area contributed by atoms with Crippen molar-refractivity contribution in [2.24, 2.45) is 5.92 Å². The molecule has 0 bridgehead atoms. The second-order valence-corrected chi connectivity index (χ2v) is 5.73. The number of aliphatic hydroxyl groups excluding tert-OH is 1. The standard InChI is InChI=1S/C16H23N3O3.ClH/c1-11(19-16(22)12-5-3-2-4-6-12)7-15(21)18-9-13-8-17-10-14(13)20;/h2-6,11,13-14,17,20H,7-10H2,1H3,(H,18,21)(H,19,22);1H. The van der Waals surface area contributed by atoms with E-state index in [-0.39, 0.29) is 42.6 Å². The summed E-state index contributed by atoms with van der Waals surface area (Å²) in [5.74, 6) is -0.255. The molecule has 7 heteroatoms. The van der Waals surface area contributed by atoms with Gasteiger partial charge in [0.25, 0.3) is 5.91 Å². The molecule has 0 aromatic heterocycles. The second-order valence-electron chi connectivity index (χ2n) is 5.73. The van der Waals surface area contributed by atoms with E-state index in [2.05, 4.69) is 16.0 Å². The van der Waals surface area contributed by atoms with Gasteiger partial charge in [-0.1, -0.05) is 18.2 Å². The topological polar surface area (TPSA) is 90.5 Å². The lowest BCUT2D eigenvalue weighted by Crippen LogP contribution is -2.39. The highest BCUT2D eigenvalue weighted by Crippen LogP contribution is 2.07. The van der Waals surface area contributed by atoms with Gasteiger partial charge in [-0.05, 0) is 19.1 Å². The average Bonchev–Trinajstić information content (AvgIpc) is 2.91. The summed E-state index contributed by atoms with van der Waals surface area (Å²) in [6.07, 6.45) is -0.190. The predicted octanol–water partition coefficient (Wildman–Crippen LogP) is 0.313. The van der Waals surface area contributed by atoms with Crippen LogP contribution in [-0.4, -0.2) is 48.7 Å². The van der Waals surface area contributed by atoms with Crippen molar-refractivity contribution in [3.63, 3.8) is 0 Å². The molecule has 2 rings (SSSR count). The Balaban J connectivity index is 0.00000264. The SMILES string of the molecule is CC(CC(=O)NCC1CNCC1O)NC(=O)c1ccccc1.Cl. The fourth-order valence-corrected chi connectivity index (χ4v) is 2.47. The van der Waals surface area contributed by atoms with Crippen LogP contribution < -0.4 is 16.0 Å². The molecular weight excluding hydrogens is 318 g/mol. The Hall–Kier alpha value is -1.63. The number of halogens is 1. The van der Waals surface area contributed by atoms with E-state index < -0.39 is 6.10 Å². The summed E-state index contributed by atoms with van der Waals surface area (Å²) in [5, 5.41) is 18.3. The van der Waals surface area contributed by atoms with E-state index in [0.717, 1.165) is 0 Å². The summed E-state index contributed by atoms with van der Waals surface area (Å²) < 4.78 is 0. The minimum absolute atomic E-state index is 0. The molecule has 1 saturated heterocycles. The first-order chi connectivity index (χ1) is 10.6. The monoisotopic (exact) mass is 341 g/mol. The first-order valence-corrected chi connectivity index (χ1v) is 7.57. The van der Waals surface area contributed by atoms with Crippen molar-refractivity contribution in [1.29, 1.82) is 0 Å². The molecule has 1 aliphatic rings. The Kier molecular flexibility index (Phi) is 8.02. The molecule has 1 aromatic carbocycles. The van der Waals surface area contributed by atoms with Crippen molar-refractivity contribution in [3.8, 4) is 0 Å². The van der Waals surface area contributed by atoms with Gasteiger partial charge in [0.1, 0.15) is 0 Å². The molecule has 1 aromatic rings. The van der Waals surface area contributed by atoms with Gasteiger partial charge >= 0.3 is 0 Å². The van der Waals surface area contributed by atoms with Crippen LogP contribution in [0.4, 0.5) is 0 Å². The lowest BCUT2D eigenvalue weighted by molar-refractivity contribution is -0.121. The molecule has 1 heterocycles. The van der Waals surface area contributed by atoms with Crippen LogP contribution in [0.1, 0.15) is 23.7 Å². The van der Waals surface area contributed by atoms with Crippen LogP contribution in [0.5, 0.6) is 0 Å². The predicted molar refractivity (Wildman–Crippen MR) is 90.6 cm³/mol. The summed E-state index contributed by atoms with van der Waals surface area (Å²) in [5.41, 5.74) is 0.579. The first-order valence-electron chi connectivity index (χ1n) is 7.57. The highest BCUT2D eigenvalue weighted by atomic mass is 35.5. The summed E-state index contributed by atoms with van der Waals surface area (Å²) in [6, 6.07) is 8.66. The quantitative estimate of drug-likeness (QED) is 0.599. The van der Waals surface area contributed by atoms with Crippen LogP contribution in [0, 0.1) is 5.92 Å². The lowest BCUT2D eigenvalue weighted by atomic mass is 10.1. The van der Waals surface area contributed by atoms with Crippen molar-refractivity contribution in [2.45, 2.75) is 25.5 Å². The third kappa shape index (κ3) is 6.17. The molecule has 0 spiro atoms. The van der Waals surface area contributed by atoms with Gasteiger partial charge in [0.05, 0.1) is 6.10 Å². The van der Waals surface area contributed by atoms with E-state index in [1.54, 1.807) is 31.2 Å². The number of amides is 2. The van der Waals surface area contributed by atoms with Crippen LogP contribution in [0.2, 0.25) is 0 Å². The number of carbonyl (C=O) groups is 2. The summed E-state index contributed by atoms with van der Waals surface area (Å²) >= 11 is 0. The van der Waals surface area contributed by atoms with Crippen LogP contribution in [0.25, 0.3) is 0 Å². The Labute approximate surface area is 142 Å². The van der Waals surface area contributed by atoms with Gasteiger partial charge in [0, 0.05) is 43.6 Å². The fraction of sp³-hybridized carbons (Fsp3) is 0.500. The van der Waals surface area contributed by atoms with Crippen LogP contribution >= 0.6 is 12.4 Å². The smallest absolute Gasteiger partial charge is 0.251 e. The third-order valence-corrected chi connectivity index (χ3v) is 3.77. The highest BCUT2D eigenvalue weighted by molar-refractivity contribution is 5.94. The number of benzene rings is 1. The summed E-state index contributed by atoms with van der Waals surface area (Å²) in [7, 11) is 0. The van der Waals surface area contributed by atoms with Gasteiger partial charge in [-0.3, -0.25) is 9.59 Å². The molecular formula is C16H24ClN3O3. The van der Waals surface area contributed by atoms with Gasteiger partial charge in [-0.25, -0.2) is 0 Å². The zero-order valence-corrected chi connectivity index (χ0v) is 13.9. The Morgan fingerprint density at radius 1 is 1.30 bits per heavy atom. The van der Waals surface area contributed by atoms with Crippen LogP contribution in [0.15, 0.2) is 30.3 Å². The van der Waals surface area contributed by atoms with Gasteiger partial charge in [0.15, 0.2) is 0 Å². The number of nitrogens with one attached hydrogen (secondary N) is 3. The number of β-amino-alcohol motifs (C(OH)–C–C–N with tert-alkyl or cyclic N) is 1. The van der Waals surface area contributed by atoms with Gasteiger partial charge in [0.2, 0.25) is 5.91 Å². The molecule has 3 unspecified atom stereocenters.